The highest BCUT2D eigenvalue weighted by molar-refractivity contribution is 7.91. The molecule has 1 aromatic rings. The minimum Gasteiger partial charge on any atom is -0.369 e. The Morgan fingerprint density at radius 2 is 1.94 bits per heavy atom. The largest absolute Gasteiger partial charge is 0.369 e. The minimum atomic E-state index is -2.84. The Labute approximate surface area is 101 Å². The molecule has 0 unspecified atom stereocenters. The molecule has 17 heavy (non-hydrogen) atoms. The van der Waals surface area contributed by atoms with E-state index in [1.807, 2.05) is 19.1 Å². The number of sulfone groups is 1. The lowest BCUT2D eigenvalue weighted by Crippen LogP contribution is -2.40. The summed E-state index contributed by atoms with van der Waals surface area (Å²) in [6, 6.07) is 7.59. The first-order valence-corrected chi connectivity index (χ1v) is 7.30. The van der Waals surface area contributed by atoms with Gasteiger partial charge in [-0.05, 0) is 30.7 Å². The van der Waals surface area contributed by atoms with Crippen LogP contribution in [-0.4, -0.2) is 33.0 Å². The lowest BCUT2D eigenvalue weighted by atomic mass is 10.1. The Morgan fingerprint density at radius 1 is 1.29 bits per heavy atom. The van der Waals surface area contributed by atoms with Crippen LogP contribution >= 0.6 is 0 Å². The number of benzene rings is 1. The summed E-state index contributed by atoms with van der Waals surface area (Å²) in [6.45, 7) is 3.02. The zero-order valence-corrected chi connectivity index (χ0v) is 10.5. The molecule has 1 aliphatic heterocycles. The van der Waals surface area contributed by atoms with Gasteiger partial charge in [0.1, 0.15) is 0 Å². The molecule has 2 rings (SSSR count). The second-order valence-corrected chi connectivity index (χ2v) is 6.56. The molecule has 0 aliphatic carbocycles. The highest BCUT2D eigenvalue weighted by Gasteiger charge is 2.22. The van der Waals surface area contributed by atoms with E-state index in [4.69, 9.17) is 5.26 Å². The monoisotopic (exact) mass is 250 g/mol. The molecule has 4 nitrogen and oxygen atoms in total. The summed E-state index contributed by atoms with van der Waals surface area (Å²) >= 11 is 0. The third-order valence-corrected chi connectivity index (χ3v) is 4.62. The van der Waals surface area contributed by atoms with Gasteiger partial charge in [0, 0.05) is 18.8 Å². The molecular weight excluding hydrogens is 236 g/mol. The van der Waals surface area contributed by atoms with Crippen LogP contribution in [0.4, 0.5) is 5.69 Å². The Bertz CT molecular complexity index is 559. The van der Waals surface area contributed by atoms with E-state index >= 15 is 0 Å². The van der Waals surface area contributed by atoms with Crippen LogP contribution in [0.15, 0.2) is 18.2 Å². The third kappa shape index (κ3) is 2.59. The van der Waals surface area contributed by atoms with Crippen LogP contribution in [0.3, 0.4) is 0 Å². The average Bonchev–Trinajstić information content (AvgIpc) is 2.29. The highest BCUT2D eigenvalue weighted by Crippen LogP contribution is 2.22. The topological polar surface area (TPSA) is 61.2 Å². The molecule has 0 atom stereocenters. The number of anilines is 1. The SMILES string of the molecule is Cc1cc(C#N)ccc1N1CCS(=O)(=O)CC1. The fourth-order valence-electron chi connectivity index (χ4n) is 2.03. The lowest BCUT2D eigenvalue weighted by molar-refractivity contribution is 0.586. The van der Waals surface area contributed by atoms with Gasteiger partial charge < -0.3 is 4.90 Å². The van der Waals surface area contributed by atoms with Crippen molar-refractivity contribution in [3.05, 3.63) is 29.3 Å². The molecule has 0 bridgehead atoms. The van der Waals surface area contributed by atoms with Crippen molar-refractivity contribution in [2.24, 2.45) is 0 Å². The van der Waals surface area contributed by atoms with Gasteiger partial charge in [0.2, 0.25) is 0 Å². The molecule has 0 N–H and O–H groups in total. The summed E-state index contributed by atoms with van der Waals surface area (Å²) in [5, 5.41) is 8.79. The zero-order valence-electron chi connectivity index (χ0n) is 9.68. The molecule has 0 amide bonds. The van der Waals surface area contributed by atoms with Crippen LogP contribution in [0.2, 0.25) is 0 Å². The van der Waals surface area contributed by atoms with Gasteiger partial charge in [-0.15, -0.1) is 0 Å². The van der Waals surface area contributed by atoms with E-state index in [9.17, 15) is 8.42 Å². The van der Waals surface area contributed by atoms with E-state index in [-0.39, 0.29) is 11.5 Å². The van der Waals surface area contributed by atoms with E-state index in [0.717, 1.165) is 11.3 Å². The summed E-state index contributed by atoms with van der Waals surface area (Å²) in [7, 11) is -2.84. The molecule has 1 aliphatic rings. The Balaban J connectivity index is 2.22. The molecule has 0 saturated carbocycles. The average molecular weight is 250 g/mol. The van der Waals surface area contributed by atoms with Gasteiger partial charge in [0.15, 0.2) is 9.84 Å². The first kappa shape index (κ1) is 11.9. The van der Waals surface area contributed by atoms with Crippen LogP contribution in [0, 0.1) is 18.3 Å². The number of hydrogen-bond donors (Lipinski definition) is 0. The van der Waals surface area contributed by atoms with Gasteiger partial charge in [-0.1, -0.05) is 0 Å². The number of aryl methyl sites for hydroxylation is 1. The first-order chi connectivity index (χ1) is 8.02. The van der Waals surface area contributed by atoms with Crippen molar-refractivity contribution in [2.45, 2.75) is 6.92 Å². The summed E-state index contributed by atoms with van der Waals surface area (Å²) < 4.78 is 22.7. The van der Waals surface area contributed by atoms with Gasteiger partial charge in [-0.3, -0.25) is 0 Å². The standard InChI is InChI=1S/C12H14N2O2S/c1-10-8-11(9-13)2-3-12(10)14-4-6-17(15,16)7-5-14/h2-3,8H,4-7H2,1H3. The molecule has 90 valence electrons. The number of rotatable bonds is 1. The van der Waals surface area contributed by atoms with Crippen LogP contribution in [0.1, 0.15) is 11.1 Å². The van der Waals surface area contributed by atoms with E-state index in [0.29, 0.717) is 18.7 Å². The molecule has 0 spiro atoms. The maximum Gasteiger partial charge on any atom is 0.153 e. The molecule has 1 fully saturated rings. The van der Waals surface area contributed by atoms with Gasteiger partial charge in [0.05, 0.1) is 23.1 Å². The van der Waals surface area contributed by atoms with Crippen molar-refractivity contribution >= 4 is 15.5 Å². The summed E-state index contributed by atoms with van der Waals surface area (Å²) in [6.07, 6.45) is 0. The van der Waals surface area contributed by atoms with Crippen LogP contribution in [0.25, 0.3) is 0 Å². The zero-order chi connectivity index (χ0) is 12.5. The Hall–Kier alpha value is -1.54. The van der Waals surface area contributed by atoms with E-state index in [1.54, 1.807) is 6.07 Å². The fourth-order valence-corrected chi connectivity index (χ4v) is 3.23. The maximum atomic E-state index is 11.3. The minimum absolute atomic E-state index is 0.215. The van der Waals surface area contributed by atoms with Crippen LogP contribution in [0.5, 0.6) is 0 Å². The molecule has 0 radical (unpaired) electrons. The summed E-state index contributed by atoms with van der Waals surface area (Å²) in [4.78, 5) is 2.07. The lowest BCUT2D eigenvalue weighted by Gasteiger charge is -2.30. The molecule has 0 aromatic heterocycles. The second-order valence-electron chi connectivity index (χ2n) is 4.25. The molecule has 1 heterocycles. The fraction of sp³-hybridized carbons (Fsp3) is 0.417. The van der Waals surface area contributed by atoms with Gasteiger partial charge in [-0.2, -0.15) is 5.26 Å². The van der Waals surface area contributed by atoms with Crippen LogP contribution in [-0.2, 0) is 9.84 Å². The summed E-state index contributed by atoms with van der Waals surface area (Å²) in [5.41, 5.74) is 2.68. The Morgan fingerprint density at radius 3 is 2.47 bits per heavy atom. The molecule has 1 aromatic carbocycles. The number of hydrogen-bond acceptors (Lipinski definition) is 4. The maximum absolute atomic E-state index is 11.3. The van der Waals surface area contributed by atoms with Crippen molar-refractivity contribution in [3.63, 3.8) is 0 Å². The van der Waals surface area contributed by atoms with Crippen molar-refractivity contribution in [2.75, 3.05) is 29.5 Å². The number of nitriles is 1. The second kappa shape index (κ2) is 4.38. The van der Waals surface area contributed by atoms with Gasteiger partial charge in [-0.25, -0.2) is 8.42 Å². The summed E-state index contributed by atoms with van der Waals surface area (Å²) in [5.74, 6) is 0.429. The van der Waals surface area contributed by atoms with Crippen molar-refractivity contribution in [1.29, 1.82) is 5.26 Å². The Kier molecular flexibility index (Phi) is 3.07. The molecule has 1 saturated heterocycles. The first-order valence-electron chi connectivity index (χ1n) is 5.48. The van der Waals surface area contributed by atoms with Crippen LogP contribution < -0.4 is 4.90 Å². The normalized spacial score (nSPS) is 18.7. The van der Waals surface area contributed by atoms with E-state index in [1.165, 1.54) is 0 Å². The van der Waals surface area contributed by atoms with Crippen molar-refractivity contribution in [1.82, 2.24) is 0 Å². The smallest absolute Gasteiger partial charge is 0.153 e. The third-order valence-electron chi connectivity index (χ3n) is 3.01. The van der Waals surface area contributed by atoms with E-state index in [2.05, 4.69) is 11.0 Å². The van der Waals surface area contributed by atoms with Crippen molar-refractivity contribution in [3.8, 4) is 6.07 Å². The predicted molar refractivity (Wildman–Crippen MR) is 66.8 cm³/mol. The van der Waals surface area contributed by atoms with E-state index < -0.39 is 9.84 Å². The van der Waals surface area contributed by atoms with Gasteiger partial charge >= 0.3 is 0 Å². The molecular formula is C12H14N2O2S. The molecule has 5 heteroatoms. The highest BCUT2D eigenvalue weighted by atomic mass is 32.2. The van der Waals surface area contributed by atoms with Crippen molar-refractivity contribution < 1.29 is 8.42 Å². The van der Waals surface area contributed by atoms with Gasteiger partial charge in [0.25, 0.3) is 0 Å². The quantitative estimate of drug-likeness (QED) is 0.749. The predicted octanol–water partition coefficient (Wildman–Crippen LogP) is 1.10. The number of nitrogens with zero attached hydrogens (tertiary/aromatic N) is 2.